The minimum absolute atomic E-state index is 0.0335. The fourth-order valence-electron chi connectivity index (χ4n) is 3.32. The fraction of sp³-hybridized carbons (Fsp3) is 0.381. The third-order valence-corrected chi connectivity index (χ3v) is 4.72. The quantitative estimate of drug-likeness (QED) is 0.326. The molecule has 0 saturated carbocycles. The number of fused-ring (bicyclic) bond motifs is 1. The first-order valence-corrected chi connectivity index (χ1v) is 9.60. The van der Waals surface area contributed by atoms with Crippen LogP contribution in [0.15, 0.2) is 40.8 Å². The molecule has 1 aromatic carbocycles. The molecule has 1 N–H and O–H groups in total. The van der Waals surface area contributed by atoms with Gasteiger partial charge in [0.25, 0.3) is 11.6 Å². The Morgan fingerprint density at radius 1 is 1.21 bits per heavy atom. The van der Waals surface area contributed by atoms with Gasteiger partial charge in [0.1, 0.15) is 11.5 Å². The summed E-state index contributed by atoms with van der Waals surface area (Å²) in [6.45, 7) is 4.98. The third-order valence-electron chi connectivity index (χ3n) is 4.72. The number of benzene rings is 1. The van der Waals surface area contributed by atoms with Crippen LogP contribution in [-0.2, 0) is 6.54 Å². The molecule has 0 radical (unpaired) electrons. The second-order valence-corrected chi connectivity index (χ2v) is 6.97. The molecular weight excluding hydrogens is 358 g/mol. The molecule has 0 bridgehead atoms. The summed E-state index contributed by atoms with van der Waals surface area (Å²) in [6, 6.07) is 10.1. The minimum Gasteiger partial charge on any atom is -0.460 e. The monoisotopic (exact) mass is 383 g/mol. The highest BCUT2D eigenvalue weighted by Gasteiger charge is 2.19. The summed E-state index contributed by atoms with van der Waals surface area (Å²) in [5, 5.41) is 14.0. The van der Waals surface area contributed by atoms with Gasteiger partial charge < -0.3 is 14.3 Å². The number of amides is 1. The van der Waals surface area contributed by atoms with Crippen LogP contribution in [0.4, 0.5) is 5.69 Å². The van der Waals surface area contributed by atoms with Gasteiger partial charge in [0.15, 0.2) is 5.58 Å². The zero-order valence-electron chi connectivity index (χ0n) is 16.2. The van der Waals surface area contributed by atoms with Crippen LogP contribution in [0.3, 0.4) is 0 Å². The van der Waals surface area contributed by atoms with Gasteiger partial charge in [-0.25, -0.2) is 0 Å². The van der Waals surface area contributed by atoms with Crippen molar-refractivity contribution in [1.82, 2.24) is 9.88 Å². The van der Waals surface area contributed by atoms with Crippen molar-refractivity contribution in [2.24, 2.45) is 0 Å². The molecular formula is C21H25N3O4. The van der Waals surface area contributed by atoms with Crippen LogP contribution in [0.2, 0.25) is 0 Å². The zero-order chi connectivity index (χ0) is 20.1. The average Bonchev–Trinajstić information content (AvgIpc) is 3.19. The maximum atomic E-state index is 12.7. The van der Waals surface area contributed by atoms with Crippen molar-refractivity contribution in [3.63, 3.8) is 0 Å². The minimum atomic E-state index is -0.416. The van der Waals surface area contributed by atoms with Crippen LogP contribution in [0.1, 0.15) is 54.4 Å². The van der Waals surface area contributed by atoms with Crippen LogP contribution in [0.25, 0.3) is 11.1 Å². The lowest BCUT2D eigenvalue weighted by atomic mass is 10.2. The van der Waals surface area contributed by atoms with Crippen molar-refractivity contribution in [3.8, 4) is 0 Å². The normalized spacial score (nSPS) is 11.1. The van der Waals surface area contributed by atoms with E-state index >= 15 is 0 Å². The van der Waals surface area contributed by atoms with Crippen molar-refractivity contribution in [1.29, 1.82) is 0 Å². The molecule has 0 atom stereocenters. The van der Waals surface area contributed by atoms with E-state index in [-0.39, 0.29) is 11.6 Å². The number of nitrogens with one attached hydrogen (secondary N) is 1. The standard InChI is InChI=1S/C21H25N3O4/c1-3-4-5-6-10-22-21(25)19-13-20-18(11-15(2)28-20)23(19)14-16-8-7-9-17(12-16)24(26)27/h7-9,11-13H,3-6,10,14H2,1-2H3,(H,22,25). The fourth-order valence-corrected chi connectivity index (χ4v) is 3.32. The number of nitro groups is 1. The molecule has 28 heavy (non-hydrogen) atoms. The summed E-state index contributed by atoms with van der Waals surface area (Å²) in [7, 11) is 0. The SMILES string of the molecule is CCCCCCNC(=O)c1cc2oc(C)cc2n1Cc1cccc([N+](=O)[O-])c1. The topological polar surface area (TPSA) is 90.3 Å². The van der Waals surface area contributed by atoms with Crippen molar-refractivity contribution < 1.29 is 14.1 Å². The predicted molar refractivity (Wildman–Crippen MR) is 108 cm³/mol. The number of aromatic nitrogens is 1. The lowest BCUT2D eigenvalue weighted by Gasteiger charge is -2.11. The van der Waals surface area contributed by atoms with E-state index in [9.17, 15) is 14.9 Å². The van der Waals surface area contributed by atoms with E-state index in [0.717, 1.165) is 42.5 Å². The number of hydrogen-bond acceptors (Lipinski definition) is 4. The molecule has 0 aliphatic rings. The number of nitro benzene ring substituents is 1. The highest BCUT2D eigenvalue weighted by molar-refractivity contribution is 5.97. The predicted octanol–water partition coefficient (Wildman–Crippen LogP) is 4.81. The maximum absolute atomic E-state index is 12.7. The first kappa shape index (κ1) is 19.7. The van der Waals surface area contributed by atoms with Gasteiger partial charge in [-0.3, -0.25) is 14.9 Å². The molecule has 1 amide bonds. The number of carbonyl (C=O) groups is 1. The Morgan fingerprint density at radius 2 is 2.04 bits per heavy atom. The summed E-state index contributed by atoms with van der Waals surface area (Å²) in [5.74, 6) is 0.593. The van der Waals surface area contributed by atoms with Crippen LogP contribution in [-0.4, -0.2) is 21.9 Å². The van der Waals surface area contributed by atoms with E-state index in [2.05, 4.69) is 12.2 Å². The zero-order valence-corrected chi connectivity index (χ0v) is 16.2. The first-order valence-electron chi connectivity index (χ1n) is 9.60. The molecule has 0 spiro atoms. The number of hydrogen-bond donors (Lipinski definition) is 1. The molecule has 0 aliphatic heterocycles. The molecule has 3 aromatic rings. The Bertz CT molecular complexity index is 987. The Labute approximate surface area is 163 Å². The van der Waals surface area contributed by atoms with E-state index in [0.29, 0.717) is 24.4 Å². The van der Waals surface area contributed by atoms with Crippen LogP contribution in [0.5, 0.6) is 0 Å². The summed E-state index contributed by atoms with van der Waals surface area (Å²) in [5.41, 5.74) is 2.73. The first-order chi connectivity index (χ1) is 13.5. The molecule has 7 heteroatoms. The van der Waals surface area contributed by atoms with E-state index in [1.54, 1.807) is 12.1 Å². The summed E-state index contributed by atoms with van der Waals surface area (Å²) < 4.78 is 7.54. The molecule has 2 heterocycles. The van der Waals surface area contributed by atoms with Crippen LogP contribution in [0, 0.1) is 17.0 Å². The van der Waals surface area contributed by atoms with Gasteiger partial charge >= 0.3 is 0 Å². The number of nitrogens with zero attached hydrogens (tertiary/aromatic N) is 2. The Morgan fingerprint density at radius 3 is 2.79 bits per heavy atom. The van der Waals surface area contributed by atoms with Crippen LogP contribution < -0.4 is 5.32 Å². The van der Waals surface area contributed by atoms with Crippen molar-refractivity contribution in [3.05, 3.63) is 63.5 Å². The van der Waals surface area contributed by atoms with E-state index in [1.807, 2.05) is 23.6 Å². The summed E-state index contributed by atoms with van der Waals surface area (Å²) >= 11 is 0. The highest BCUT2D eigenvalue weighted by Crippen LogP contribution is 2.25. The average molecular weight is 383 g/mol. The van der Waals surface area contributed by atoms with Gasteiger partial charge in [-0.1, -0.05) is 38.3 Å². The summed E-state index contributed by atoms with van der Waals surface area (Å²) in [4.78, 5) is 23.4. The maximum Gasteiger partial charge on any atom is 0.269 e. The van der Waals surface area contributed by atoms with Gasteiger partial charge in [-0.15, -0.1) is 0 Å². The van der Waals surface area contributed by atoms with E-state index < -0.39 is 4.92 Å². The van der Waals surface area contributed by atoms with Gasteiger partial charge in [0.2, 0.25) is 0 Å². The van der Waals surface area contributed by atoms with Crippen LogP contribution >= 0.6 is 0 Å². The van der Waals surface area contributed by atoms with Gasteiger partial charge in [0.05, 0.1) is 10.4 Å². The molecule has 7 nitrogen and oxygen atoms in total. The van der Waals surface area contributed by atoms with Crippen molar-refractivity contribution >= 4 is 22.7 Å². The number of carbonyl (C=O) groups excluding carboxylic acids is 1. The lowest BCUT2D eigenvalue weighted by molar-refractivity contribution is -0.384. The number of aryl methyl sites for hydroxylation is 1. The number of unbranched alkanes of at least 4 members (excludes halogenated alkanes) is 3. The Hall–Kier alpha value is -3.09. The second-order valence-electron chi connectivity index (χ2n) is 6.97. The highest BCUT2D eigenvalue weighted by atomic mass is 16.6. The Kier molecular flexibility index (Phi) is 6.13. The molecule has 0 saturated heterocycles. The van der Waals surface area contributed by atoms with E-state index in [4.69, 9.17) is 4.42 Å². The Balaban J connectivity index is 1.85. The molecule has 2 aromatic heterocycles. The summed E-state index contributed by atoms with van der Waals surface area (Å²) in [6.07, 6.45) is 4.34. The van der Waals surface area contributed by atoms with Crippen molar-refractivity contribution in [2.75, 3.05) is 6.54 Å². The number of rotatable bonds is 9. The van der Waals surface area contributed by atoms with E-state index in [1.165, 1.54) is 12.1 Å². The molecule has 0 fully saturated rings. The molecule has 0 aliphatic carbocycles. The van der Waals surface area contributed by atoms with Gasteiger partial charge in [-0.05, 0) is 18.9 Å². The second kappa shape index (κ2) is 8.73. The smallest absolute Gasteiger partial charge is 0.269 e. The number of non-ortho nitro benzene ring substituents is 1. The molecule has 3 rings (SSSR count). The number of furan rings is 1. The molecule has 148 valence electrons. The lowest BCUT2D eigenvalue weighted by Crippen LogP contribution is -2.27. The van der Waals surface area contributed by atoms with Gasteiger partial charge in [0, 0.05) is 37.4 Å². The van der Waals surface area contributed by atoms with Gasteiger partial charge in [-0.2, -0.15) is 0 Å². The largest absolute Gasteiger partial charge is 0.460 e. The van der Waals surface area contributed by atoms with Crippen molar-refractivity contribution in [2.45, 2.75) is 46.1 Å². The molecule has 0 unspecified atom stereocenters. The third kappa shape index (κ3) is 4.42.